The highest BCUT2D eigenvalue weighted by Gasteiger charge is 2.17. The van der Waals surface area contributed by atoms with E-state index in [1.807, 2.05) is 13.8 Å². The van der Waals surface area contributed by atoms with Crippen LogP contribution in [0.15, 0.2) is 18.2 Å². The second-order valence-corrected chi connectivity index (χ2v) is 5.99. The third-order valence-corrected chi connectivity index (χ3v) is 3.24. The topological polar surface area (TPSA) is 58.4 Å². The third kappa shape index (κ3) is 5.53. The van der Waals surface area contributed by atoms with Crippen molar-refractivity contribution in [3.63, 3.8) is 0 Å². The van der Waals surface area contributed by atoms with Gasteiger partial charge in [0.15, 0.2) is 0 Å². The molecule has 1 aromatic carbocycles. The predicted molar refractivity (Wildman–Crippen MR) is 88.7 cm³/mol. The molecule has 7 heteroatoms. The van der Waals surface area contributed by atoms with E-state index in [0.29, 0.717) is 33.7 Å². The van der Waals surface area contributed by atoms with Gasteiger partial charge in [0, 0.05) is 34.7 Å². The summed E-state index contributed by atoms with van der Waals surface area (Å²) >= 11 is 16.6. The molecule has 0 bridgehead atoms. The number of thiocarbonyl (C=S) groups is 1. The molecule has 0 fully saturated rings. The first-order chi connectivity index (χ1) is 9.29. The van der Waals surface area contributed by atoms with Gasteiger partial charge in [-0.15, -0.1) is 0 Å². The average Bonchev–Trinajstić information content (AvgIpc) is 2.26. The van der Waals surface area contributed by atoms with Crippen LogP contribution in [0.4, 0.5) is 10.5 Å². The molecule has 0 aliphatic rings. The Bertz CT molecular complexity index is 488. The van der Waals surface area contributed by atoms with Gasteiger partial charge in [0.25, 0.3) is 0 Å². The lowest BCUT2D eigenvalue weighted by molar-refractivity contribution is 0.199. The lowest BCUT2D eigenvalue weighted by atomic mass is 10.3. The number of urea groups is 1. The van der Waals surface area contributed by atoms with E-state index in [0.717, 1.165) is 0 Å². The highest BCUT2D eigenvalue weighted by molar-refractivity contribution is 7.80. The SMILES string of the molecule is CC(C)N(CCC(N)=S)C(=O)Nc1cc(Cl)cc(Cl)c1. The molecule has 20 heavy (non-hydrogen) atoms. The first kappa shape index (κ1) is 17.0. The lowest BCUT2D eigenvalue weighted by Crippen LogP contribution is -2.41. The van der Waals surface area contributed by atoms with Crippen LogP contribution in [0.2, 0.25) is 10.0 Å². The van der Waals surface area contributed by atoms with Crippen LogP contribution in [0.5, 0.6) is 0 Å². The molecule has 0 unspecified atom stereocenters. The van der Waals surface area contributed by atoms with E-state index in [4.69, 9.17) is 41.2 Å². The van der Waals surface area contributed by atoms with Gasteiger partial charge in [0.05, 0.1) is 4.99 Å². The number of amides is 2. The number of carbonyl (C=O) groups excluding carboxylic acids is 1. The van der Waals surface area contributed by atoms with Gasteiger partial charge in [0.1, 0.15) is 0 Å². The number of nitrogens with zero attached hydrogens (tertiary/aromatic N) is 1. The Morgan fingerprint density at radius 3 is 2.35 bits per heavy atom. The minimum Gasteiger partial charge on any atom is -0.393 e. The van der Waals surface area contributed by atoms with Crippen molar-refractivity contribution in [3.05, 3.63) is 28.2 Å². The number of halogens is 2. The molecule has 0 saturated carbocycles. The van der Waals surface area contributed by atoms with Gasteiger partial charge in [-0.2, -0.15) is 0 Å². The van der Waals surface area contributed by atoms with Gasteiger partial charge in [-0.25, -0.2) is 4.79 Å². The molecule has 0 atom stereocenters. The summed E-state index contributed by atoms with van der Waals surface area (Å²) in [4.78, 5) is 14.3. The van der Waals surface area contributed by atoms with Crippen LogP contribution in [0.25, 0.3) is 0 Å². The van der Waals surface area contributed by atoms with Crippen LogP contribution in [-0.2, 0) is 0 Å². The molecule has 0 aliphatic heterocycles. The van der Waals surface area contributed by atoms with Crippen molar-refractivity contribution in [2.45, 2.75) is 26.3 Å². The summed E-state index contributed by atoms with van der Waals surface area (Å²) in [6, 6.07) is 4.66. The summed E-state index contributed by atoms with van der Waals surface area (Å²) in [5.74, 6) is 0. The Hall–Kier alpha value is -1.04. The minimum absolute atomic E-state index is 0.0269. The molecule has 0 aromatic heterocycles. The summed E-state index contributed by atoms with van der Waals surface area (Å²) in [7, 11) is 0. The Kier molecular flexibility index (Phi) is 6.52. The predicted octanol–water partition coefficient (Wildman–Crippen LogP) is 3.91. The molecular formula is C13H17Cl2N3OS. The van der Waals surface area contributed by atoms with Crippen LogP contribution in [0, 0.1) is 0 Å². The van der Waals surface area contributed by atoms with Gasteiger partial charge in [-0.1, -0.05) is 35.4 Å². The second-order valence-electron chi connectivity index (χ2n) is 4.59. The van der Waals surface area contributed by atoms with Crippen molar-refractivity contribution in [2.24, 2.45) is 5.73 Å². The summed E-state index contributed by atoms with van der Waals surface area (Å²) < 4.78 is 0. The number of hydrogen-bond donors (Lipinski definition) is 2. The van der Waals surface area contributed by atoms with Crippen LogP contribution < -0.4 is 11.1 Å². The van der Waals surface area contributed by atoms with Gasteiger partial charge in [-0.05, 0) is 32.0 Å². The first-order valence-corrected chi connectivity index (χ1v) is 7.28. The van der Waals surface area contributed by atoms with Crippen molar-refractivity contribution >= 4 is 52.1 Å². The van der Waals surface area contributed by atoms with Crippen molar-refractivity contribution in [3.8, 4) is 0 Å². The highest BCUT2D eigenvalue weighted by Crippen LogP contribution is 2.22. The van der Waals surface area contributed by atoms with E-state index in [-0.39, 0.29) is 12.1 Å². The Morgan fingerprint density at radius 1 is 1.35 bits per heavy atom. The molecule has 3 N–H and O–H groups in total. The van der Waals surface area contributed by atoms with Crippen molar-refractivity contribution in [1.29, 1.82) is 0 Å². The number of benzene rings is 1. The molecule has 0 heterocycles. The molecule has 0 spiro atoms. The average molecular weight is 334 g/mol. The fourth-order valence-corrected chi connectivity index (χ4v) is 2.26. The van der Waals surface area contributed by atoms with E-state index in [1.54, 1.807) is 23.1 Å². The fraction of sp³-hybridized carbons (Fsp3) is 0.385. The zero-order chi connectivity index (χ0) is 15.3. The number of hydrogen-bond acceptors (Lipinski definition) is 2. The molecule has 0 aliphatic carbocycles. The second kappa shape index (κ2) is 7.67. The number of nitrogens with two attached hydrogens (primary N) is 1. The Labute approximate surface area is 134 Å². The van der Waals surface area contributed by atoms with Crippen molar-refractivity contribution < 1.29 is 4.79 Å². The maximum absolute atomic E-state index is 12.2. The summed E-state index contributed by atoms with van der Waals surface area (Å²) in [6.45, 7) is 4.31. The smallest absolute Gasteiger partial charge is 0.322 e. The van der Waals surface area contributed by atoms with E-state index in [1.165, 1.54) is 0 Å². The third-order valence-electron chi connectivity index (χ3n) is 2.60. The van der Waals surface area contributed by atoms with Crippen molar-refractivity contribution in [2.75, 3.05) is 11.9 Å². The quantitative estimate of drug-likeness (QED) is 0.803. The number of rotatable bonds is 5. The minimum atomic E-state index is -0.241. The lowest BCUT2D eigenvalue weighted by Gasteiger charge is -2.26. The Morgan fingerprint density at radius 2 is 1.90 bits per heavy atom. The summed E-state index contributed by atoms with van der Waals surface area (Å²) in [5.41, 5.74) is 6.02. The van der Waals surface area contributed by atoms with Gasteiger partial charge < -0.3 is 16.0 Å². The molecule has 0 saturated heterocycles. The van der Waals surface area contributed by atoms with Crippen LogP contribution in [0.3, 0.4) is 0 Å². The summed E-state index contributed by atoms with van der Waals surface area (Å²) in [5, 5.41) is 3.69. The van der Waals surface area contributed by atoms with E-state index >= 15 is 0 Å². The maximum atomic E-state index is 12.2. The van der Waals surface area contributed by atoms with E-state index in [9.17, 15) is 4.79 Å². The number of nitrogens with one attached hydrogen (secondary N) is 1. The molecule has 110 valence electrons. The zero-order valence-corrected chi connectivity index (χ0v) is 13.6. The van der Waals surface area contributed by atoms with E-state index < -0.39 is 0 Å². The van der Waals surface area contributed by atoms with Crippen molar-refractivity contribution in [1.82, 2.24) is 4.90 Å². The number of anilines is 1. The normalized spacial score (nSPS) is 10.4. The highest BCUT2D eigenvalue weighted by atomic mass is 35.5. The molecule has 1 rings (SSSR count). The van der Waals surface area contributed by atoms with Gasteiger partial charge in [-0.3, -0.25) is 0 Å². The molecule has 4 nitrogen and oxygen atoms in total. The molecule has 0 radical (unpaired) electrons. The standard InChI is InChI=1S/C13H17Cl2N3OS/c1-8(2)18(4-3-12(16)20)13(19)17-11-6-9(14)5-10(15)7-11/h5-8H,3-4H2,1-2H3,(H2,16,20)(H,17,19). The summed E-state index contributed by atoms with van der Waals surface area (Å²) in [6.07, 6.45) is 0.483. The Balaban J connectivity index is 2.77. The van der Waals surface area contributed by atoms with Crippen LogP contribution in [0.1, 0.15) is 20.3 Å². The van der Waals surface area contributed by atoms with E-state index in [2.05, 4.69) is 5.32 Å². The molecular weight excluding hydrogens is 317 g/mol. The van der Waals surface area contributed by atoms with Gasteiger partial charge in [0.2, 0.25) is 0 Å². The maximum Gasteiger partial charge on any atom is 0.322 e. The number of carbonyl (C=O) groups is 1. The van der Waals surface area contributed by atoms with Crippen LogP contribution in [-0.4, -0.2) is 28.5 Å². The first-order valence-electron chi connectivity index (χ1n) is 6.11. The molecule has 1 aromatic rings. The zero-order valence-electron chi connectivity index (χ0n) is 11.3. The van der Waals surface area contributed by atoms with Crippen LogP contribution >= 0.6 is 35.4 Å². The molecule has 2 amide bonds. The fourth-order valence-electron chi connectivity index (χ4n) is 1.65. The van der Waals surface area contributed by atoms with Gasteiger partial charge >= 0.3 is 6.03 Å². The largest absolute Gasteiger partial charge is 0.393 e. The monoisotopic (exact) mass is 333 g/mol.